The Balaban J connectivity index is 1.73. The molecule has 4 rings (SSSR count). The molecule has 2 aliphatic rings. The Hall–Kier alpha value is -2.25. The van der Waals surface area contributed by atoms with Crippen molar-refractivity contribution >= 4 is 50.5 Å². The van der Waals surface area contributed by atoms with Crippen LogP contribution in [0.15, 0.2) is 56.8 Å². The third-order valence-corrected chi connectivity index (χ3v) is 6.76. The quantitative estimate of drug-likeness (QED) is 0.578. The van der Waals surface area contributed by atoms with Gasteiger partial charge in [-0.05, 0) is 60.5 Å². The maximum absolute atomic E-state index is 13.3. The molecule has 1 aliphatic heterocycles. The van der Waals surface area contributed by atoms with Gasteiger partial charge in [0.1, 0.15) is 0 Å². The molecular formula is C22H21BrN2O3S. The summed E-state index contributed by atoms with van der Waals surface area (Å²) < 4.78 is 5.90. The Morgan fingerprint density at radius 3 is 2.66 bits per heavy atom. The molecular weight excluding hydrogens is 452 g/mol. The van der Waals surface area contributed by atoms with E-state index >= 15 is 0 Å². The van der Waals surface area contributed by atoms with Gasteiger partial charge in [-0.2, -0.15) is 0 Å². The highest BCUT2D eigenvalue weighted by Gasteiger charge is 2.39. The average molecular weight is 473 g/mol. The number of nitrogens with zero attached hydrogens (tertiary/aromatic N) is 2. The molecule has 0 bridgehead atoms. The van der Waals surface area contributed by atoms with Gasteiger partial charge in [-0.3, -0.25) is 9.69 Å². The van der Waals surface area contributed by atoms with E-state index in [0.29, 0.717) is 15.1 Å². The summed E-state index contributed by atoms with van der Waals surface area (Å²) in [5.41, 5.74) is 1.60. The number of amidine groups is 1. The molecule has 0 atom stereocenters. The number of carbonyl (C=O) groups is 1. The molecule has 29 heavy (non-hydrogen) atoms. The Bertz CT molecular complexity index is 985. The molecule has 0 radical (unpaired) electrons. The van der Waals surface area contributed by atoms with Crippen LogP contribution < -0.4 is 4.74 Å². The minimum atomic E-state index is -0.0180. The van der Waals surface area contributed by atoms with Crippen molar-refractivity contribution in [3.8, 4) is 11.5 Å². The van der Waals surface area contributed by atoms with Gasteiger partial charge in [0.25, 0.3) is 5.91 Å². The van der Waals surface area contributed by atoms with Crippen molar-refractivity contribution in [1.29, 1.82) is 0 Å². The van der Waals surface area contributed by atoms with E-state index in [2.05, 4.69) is 15.9 Å². The number of hydrogen-bond acceptors (Lipinski definition) is 5. The summed E-state index contributed by atoms with van der Waals surface area (Å²) in [5, 5.41) is 10.7. The maximum Gasteiger partial charge on any atom is 0.267 e. The standard InChI is InChI=1S/C22H21BrN2O3S/c1-28-19-11-14(17(23)13-18(19)26)12-20-21(27)25(16-9-5-6-10-16)22(29-20)24-15-7-3-2-4-8-15/h2-4,7-8,11-13,16,26H,5-6,9-10H2,1H3/b20-12-,24-22?. The first-order valence-corrected chi connectivity index (χ1v) is 11.1. The fourth-order valence-corrected chi connectivity index (χ4v) is 5.13. The molecule has 0 spiro atoms. The summed E-state index contributed by atoms with van der Waals surface area (Å²) in [6.07, 6.45) is 6.11. The van der Waals surface area contributed by atoms with Crippen LogP contribution in [0, 0.1) is 0 Å². The van der Waals surface area contributed by atoms with E-state index in [4.69, 9.17) is 9.73 Å². The molecule has 1 amide bonds. The number of hydrogen-bond donors (Lipinski definition) is 1. The van der Waals surface area contributed by atoms with Gasteiger partial charge in [0, 0.05) is 10.5 Å². The second kappa shape index (κ2) is 8.63. The number of rotatable bonds is 4. The minimum absolute atomic E-state index is 0.0180. The van der Waals surface area contributed by atoms with Gasteiger partial charge in [0.15, 0.2) is 16.7 Å². The highest BCUT2D eigenvalue weighted by molar-refractivity contribution is 9.10. The first-order chi connectivity index (χ1) is 14.1. The molecule has 1 saturated heterocycles. The number of methoxy groups -OCH3 is 1. The molecule has 1 aliphatic carbocycles. The van der Waals surface area contributed by atoms with Gasteiger partial charge in [-0.1, -0.05) is 47.0 Å². The van der Waals surface area contributed by atoms with Crippen LogP contribution in [0.1, 0.15) is 31.2 Å². The van der Waals surface area contributed by atoms with Crippen molar-refractivity contribution in [3.63, 3.8) is 0 Å². The van der Waals surface area contributed by atoms with Crippen molar-refractivity contribution in [2.75, 3.05) is 7.11 Å². The van der Waals surface area contributed by atoms with Crippen molar-refractivity contribution in [2.24, 2.45) is 4.99 Å². The summed E-state index contributed by atoms with van der Waals surface area (Å²) in [5.74, 6) is 0.391. The number of para-hydroxylation sites is 1. The lowest BCUT2D eigenvalue weighted by atomic mass is 10.1. The number of ether oxygens (including phenoxy) is 1. The highest BCUT2D eigenvalue weighted by atomic mass is 79.9. The predicted molar refractivity (Wildman–Crippen MR) is 121 cm³/mol. The summed E-state index contributed by atoms with van der Waals surface area (Å²) in [6, 6.07) is 13.2. The Morgan fingerprint density at radius 1 is 1.24 bits per heavy atom. The number of phenols is 1. The molecule has 2 aromatic rings. The average Bonchev–Trinajstić information content (AvgIpc) is 3.33. The monoisotopic (exact) mass is 472 g/mol. The lowest BCUT2D eigenvalue weighted by molar-refractivity contribution is -0.123. The third-order valence-electron chi connectivity index (χ3n) is 5.09. The number of amides is 1. The van der Waals surface area contributed by atoms with E-state index in [9.17, 15) is 9.90 Å². The fourth-order valence-electron chi connectivity index (χ4n) is 3.64. The van der Waals surface area contributed by atoms with Gasteiger partial charge < -0.3 is 9.84 Å². The van der Waals surface area contributed by atoms with Crippen LogP contribution in [0.25, 0.3) is 6.08 Å². The number of aromatic hydroxyl groups is 1. The fraction of sp³-hybridized carbons (Fsp3) is 0.273. The van der Waals surface area contributed by atoms with Gasteiger partial charge in [-0.15, -0.1) is 0 Å². The second-order valence-corrected chi connectivity index (χ2v) is 8.86. The number of phenolic OH excluding ortho intramolecular Hbond substituents is 1. The SMILES string of the molecule is COc1cc(/C=C2\SC(=Nc3ccccc3)N(C3CCCC3)C2=O)c(Br)cc1O. The summed E-state index contributed by atoms with van der Waals surface area (Å²) >= 11 is 4.86. The van der Waals surface area contributed by atoms with Gasteiger partial charge >= 0.3 is 0 Å². The summed E-state index contributed by atoms with van der Waals surface area (Å²) in [4.78, 5) is 20.5. The molecule has 150 valence electrons. The van der Waals surface area contributed by atoms with E-state index in [1.165, 1.54) is 18.9 Å². The normalized spacial score (nSPS) is 20.2. The molecule has 2 aromatic carbocycles. The predicted octanol–water partition coefficient (Wildman–Crippen LogP) is 5.71. The maximum atomic E-state index is 13.3. The number of benzene rings is 2. The molecule has 1 N–H and O–H groups in total. The van der Waals surface area contributed by atoms with Gasteiger partial charge in [-0.25, -0.2) is 4.99 Å². The number of aliphatic imine (C=N–C) groups is 1. The zero-order valence-corrected chi connectivity index (χ0v) is 18.4. The zero-order valence-electron chi connectivity index (χ0n) is 16.0. The van der Waals surface area contributed by atoms with E-state index < -0.39 is 0 Å². The lowest BCUT2D eigenvalue weighted by Crippen LogP contribution is -2.37. The van der Waals surface area contributed by atoms with Gasteiger partial charge in [0.2, 0.25) is 0 Å². The zero-order chi connectivity index (χ0) is 20.4. The number of thioether (sulfide) groups is 1. The molecule has 1 heterocycles. The summed E-state index contributed by atoms with van der Waals surface area (Å²) in [7, 11) is 1.50. The summed E-state index contributed by atoms with van der Waals surface area (Å²) in [6.45, 7) is 0. The van der Waals surface area contributed by atoms with E-state index in [1.54, 1.807) is 12.1 Å². The van der Waals surface area contributed by atoms with Crippen LogP contribution in [-0.4, -0.2) is 34.2 Å². The van der Waals surface area contributed by atoms with E-state index in [-0.39, 0.29) is 17.7 Å². The van der Waals surface area contributed by atoms with E-state index in [1.807, 2.05) is 41.3 Å². The largest absolute Gasteiger partial charge is 0.504 e. The first kappa shape index (κ1) is 20.0. The number of carbonyl (C=O) groups excluding carboxylic acids is 1. The molecule has 1 saturated carbocycles. The molecule has 0 aromatic heterocycles. The number of halogens is 1. The van der Waals surface area contributed by atoms with Crippen LogP contribution in [-0.2, 0) is 4.79 Å². The van der Waals surface area contributed by atoms with Crippen LogP contribution in [0.3, 0.4) is 0 Å². The van der Waals surface area contributed by atoms with Crippen molar-refractivity contribution in [3.05, 3.63) is 57.4 Å². The van der Waals surface area contributed by atoms with Crippen molar-refractivity contribution < 1.29 is 14.6 Å². The topological polar surface area (TPSA) is 62.1 Å². The van der Waals surface area contributed by atoms with Crippen LogP contribution in [0.4, 0.5) is 5.69 Å². The highest BCUT2D eigenvalue weighted by Crippen LogP contribution is 2.41. The lowest BCUT2D eigenvalue weighted by Gasteiger charge is -2.22. The third kappa shape index (κ3) is 4.21. The van der Waals surface area contributed by atoms with Crippen LogP contribution >= 0.6 is 27.7 Å². The van der Waals surface area contributed by atoms with Crippen molar-refractivity contribution in [2.45, 2.75) is 31.7 Å². The Kier molecular flexibility index (Phi) is 5.96. The Morgan fingerprint density at radius 2 is 1.97 bits per heavy atom. The van der Waals surface area contributed by atoms with Gasteiger partial charge in [0.05, 0.1) is 17.7 Å². The first-order valence-electron chi connectivity index (χ1n) is 9.50. The molecule has 0 unspecified atom stereocenters. The minimum Gasteiger partial charge on any atom is -0.504 e. The van der Waals surface area contributed by atoms with Crippen LogP contribution in [0.5, 0.6) is 11.5 Å². The second-order valence-electron chi connectivity index (χ2n) is 7.00. The van der Waals surface area contributed by atoms with Crippen molar-refractivity contribution in [1.82, 2.24) is 4.90 Å². The Labute approximate surface area is 182 Å². The molecule has 5 nitrogen and oxygen atoms in total. The van der Waals surface area contributed by atoms with E-state index in [0.717, 1.165) is 42.1 Å². The van der Waals surface area contributed by atoms with Crippen LogP contribution in [0.2, 0.25) is 0 Å². The molecule has 2 fully saturated rings. The molecule has 7 heteroatoms. The smallest absolute Gasteiger partial charge is 0.267 e.